The van der Waals surface area contributed by atoms with Gasteiger partial charge in [0.1, 0.15) is 5.56 Å². The van der Waals surface area contributed by atoms with Gasteiger partial charge in [-0.05, 0) is 39.7 Å². The summed E-state index contributed by atoms with van der Waals surface area (Å²) in [5, 5.41) is 4.21. The molecule has 0 aliphatic carbocycles. The van der Waals surface area contributed by atoms with E-state index in [4.69, 9.17) is 0 Å². The van der Waals surface area contributed by atoms with Gasteiger partial charge in [-0.15, -0.1) is 0 Å². The van der Waals surface area contributed by atoms with Crippen LogP contribution in [0.2, 0.25) is 0 Å². The van der Waals surface area contributed by atoms with Gasteiger partial charge in [-0.25, -0.2) is 9.50 Å². The quantitative estimate of drug-likeness (QED) is 0.786. The molecule has 2 aromatic heterocycles. The third-order valence-electron chi connectivity index (χ3n) is 3.93. The number of amides is 1. The van der Waals surface area contributed by atoms with Gasteiger partial charge in [-0.3, -0.25) is 4.79 Å². The highest BCUT2D eigenvalue weighted by Gasteiger charge is 2.33. The Kier molecular flexibility index (Phi) is 2.77. The summed E-state index contributed by atoms with van der Waals surface area (Å²) >= 11 is 0. The third kappa shape index (κ3) is 1.89. The molecule has 0 aromatic carbocycles. The molecule has 1 fully saturated rings. The second kappa shape index (κ2) is 4.33. The first-order chi connectivity index (χ1) is 9.08. The zero-order valence-electron chi connectivity index (χ0n) is 11.5. The Balaban J connectivity index is 2.04. The molecule has 2 unspecified atom stereocenters. The van der Waals surface area contributed by atoms with Crippen LogP contribution in [0.3, 0.4) is 0 Å². The van der Waals surface area contributed by atoms with Crippen LogP contribution in [0.4, 0.5) is 0 Å². The molecule has 5 nitrogen and oxygen atoms in total. The highest BCUT2D eigenvalue weighted by molar-refractivity contribution is 6.00. The second-order valence-electron chi connectivity index (χ2n) is 5.38. The van der Waals surface area contributed by atoms with Crippen LogP contribution < -0.4 is 0 Å². The molecule has 1 amide bonds. The summed E-state index contributed by atoms with van der Waals surface area (Å²) in [7, 11) is 0. The average molecular weight is 258 g/mol. The lowest BCUT2D eigenvalue weighted by Gasteiger charge is -2.25. The summed E-state index contributed by atoms with van der Waals surface area (Å²) in [6.07, 6.45) is 5.60. The Morgan fingerprint density at radius 3 is 2.68 bits per heavy atom. The second-order valence-corrected chi connectivity index (χ2v) is 5.38. The normalized spacial score (nSPS) is 23.2. The Morgan fingerprint density at radius 1 is 1.32 bits per heavy atom. The van der Waals surface area contributed by atoms with E-state index in [-0.39, 0.29) is 5.91 Å². The molecule has 0 bridgehead atoms. The Bertz CT molecular complexity index is 623. The van der Waals surface area contributed by atoms with Crippen LogP contribution in [-0.4, -0.2) is 37.5 Å². The van der Waals surface area contributed by atoms with Gasteiger partial charge in [0.05, 0.1) is 6.20 Å². The molecule has 3 rings (SSSR count). The van der Waals surface area contributed by atoms with Crippen molar-refractivity contribution in [3.05, 3.63) is 29.7 Å². The van der Waals surface area contributed by atoms with Crippen molar-refractivity contribution in [2.24, 2.45) is 0 Å². The molecule has 0 N–H and O–H groups in total. The van der Waals surface area contributed by atoms with Crippen LogP contribution >= 0.6 is 0 Å². The number of rotatable bonds is 1. The fourth-order valence-corrected chi connectivity index (χ4v) is 2.84. The van der Waals surface area contributed by atoms with Crippen LogP contribution in [0.1, 0.15) is 42.7 Å². The van der Waals surface area contributed by atoms with Gasteiger partial charge < -0.3 is 4.90 Å². The number of aromatic nitrogens is 3. The molecular formula is C14H18N4O. The van der Waals surface area contributed by atoms with Crippen LogP contribution in [0.5, 0.6) is 0 Å². The molecule has 0 spiro atoms. The van der Waals surface area contributed by atoms with Gasteiger partial charge >= 0.3 is 0 Å². The van der Waals surface area contributed by atoms with Gasteiger partial charge in [-0.2, -0.15) is 5.10 Å². The molecule has 2 aromatic rings. The lowest BCUT2D eigenvalue weighted by Crippen LogP contribution is -2.38. The lowest BCUT2D eigenvalue weighted by atomic mass is 10.2. The maximum absolute atomic E-state index is 12.7. The zero-order valence-corrected chi connectivity index (χ0v) is 11.5. The number of fused-ring (bicyclic) bond motifs is 1. The van der Waals surface area contributed by atoms with E-state index in [1.807, 2.05) is 24.1 Å². The van der Waals surface area contributed by atoms with Crippen molar-refractivity contribution in [2.45, 2.75) is 45.7 Å². The van der Waals surface area contributed by atoms with Crippen LogP contribution in [0, 0.1) is 6.92 Å². The molecule has 0 saturated carbocycles. The van der Waals surface area contributed by atoms with E-state index in [2.05, 4.69) is 23.9 Å². The van der Waals surface area contributed by atoms with E-state index >= 15 is 0 Å². The topological polar surface area (TPSA) is 50.5 Å². The van der Waals surface area contributed by atoms with Crippen molar-refractivity contribution >= 4 is 11.6 Å². The monoisotopic (exact) mass is 258 g/mol. The standard InChI is InChI=1S/C14H18N4O/c1-9-6-7-17-13(16-9)12(8-15-17)14(19)18-10(2)4-5-11(18)3/h6-8,10-11H,4-5H2,1-3H3. The van der Waals surface area contributed by atoms with Gasteiger partial charge in [0.15, 0.2) is 5.65 Å². The molecule has 100 valence electrons. The summed E-state index contributed by atoms with van der Waals surface area (Å²) in [4.78, 5) is 19.1. The molecule has 1 aliphatic heterocycles. The van der Waals surface area contributed by atoms with Gasteiger partial charge in [-0.1, -0.05) is 0 Å². The number of aryl methyl sites for hydroxylation is 1. The third-order valence-corrected chi connectivity index (χ3v) is 3.93. The predicted molar refractivity (Wildman–Crippen MR) is 72.1 cm³/mol. The summed E-state index contributed by atoms with van der Waals surface area (Å²) in [6, 6.07) is 2.47. The van der Waals surface area contributed by atoms with Crippen molar-refractivity contribution in [2.75, 3.05) is 0 Å². The van der Waals surface area contributed by atoms with Crippen molar-refractivity contribution in [1.29, 1.82) is 0 Å². The predicted octanol–water partition coefficient (Wildman–Crippen LogP) is 2.05. The molecular weight excluding hydrogens is 240 g/mol. The highest BCUT2D eigenvalue weighted by Crippen LogP contribution is 2.26. The Hall–Kier alpha value is -1.91. The van der Waals surface area contributed by atoms with E-state index in [0.717, 1.165) is 18.5 Å². The summed E-state index contributed by atoms with van der Waals surface area (Å²) in [5.41, 5.74) is 2.14. The van der Waals surface area contributed by atoms with E-state index in [1.165, 1.54) is 0 Å². The van der Waals surface area contributed by atoms with Gasteiger partial charge in [0, 0.05) is 24.0 Å². The van der Waals surface area contributed by atoms with Crippen LogP contribution in [-0.2, 0) is 0 Å². The maximum Gasteiger partial charge on any atom is 0.259 e. The van der Waals surface area contributed by atoms with Crippen molar-refractivity contribution in [3.63, 3.8) is 0 Å². The first-order valence-electron chi connectivity index (χ1n) is 6.71. The fraction of sp³-hybridized carbons (Fsp3) is 0.500. The van der Waals surface area contributed by atoms with Crippen LogP contribution in [0.25, 0.3) is 5.65 Å². The Morgan fingerprint density at radius 2 is 2.00 bits per heavy atom. The number of carbonyl (C=O) groups excluding carboxylic acids is 1. The zero-order chi connectivity index (χ0) is 13.6. The maximum atomic E-state index is 12.7. The molecule has 0 radical (unpaired) electrons. The minimum absolute atomic E-state index is 0.0469. The Labute approximate surface area is 112 Å². The average Bonchev–Trinajstić information content (AvgIpc) is 2.92. The molecule has 3 heterocycles. The first-order valence-corrected chi connectivity index (χ1v) is 6.71. The van der Waals surface area contributed by atoms with E-state index in [9.17, 15) is 4.79 Å². The number of likely N-dealkylation sites (tertiary alicyclic amines) is 1. The largest absolute Gasteiger partial charge is 0.333 e. The summed E-state index contributed by atoms with van der Waals surface area (Å²) in [6.45, 7) is 6.12. The smallest absolute Gasteiger partial charge is 0.259 e. The van der Waals surface area contributed by atoms with Crippen molar-refractivity contribution in [1.82, 2.24) is 19.5 Å². The molecule has 5 heteroatoms. The highest BCUT2D eigenvalue weighted by atomic mass is 16.2. The summed E-state index contributed by atoms with van der Waals surface area (Å²) < 4.78 is 1.66. The number of hydrogen-bond acceptors (Lipinski definition) is 3. The van der Waals surface area contributed by atoms with Gasteiger partial charge in [0.2, 0.25) is 0 Å². The van der Waals surface area contributed by atoms with Crippen LogP contribution in [0.15, 0.2) is 18.5 Å². The van der Waals surface area contributed by atoms with E-state index < -0.39 is 0 Å². The number of carbonyl (C=O) groups is 1. The molecule has 1 saturated heterocycles. The summed E-state index contributed by atoms with van der Waals surface area (Å²) in [5.74, 6) is 0.0469. The molecule has 19 heavy (non-hydrogen) atoms. The first kappa shape index (κ1) is 12.1. The van der Waals surface area contributed by atoms with E-state index in [1.54, 1.807) is 10.7 Å². The number of nitrogens with zero attached hydrogens (tertiary/aromatic N) is 4. The fourth-order valence-electron chi connectivity index (χ4n) is 2.84. The van der Waals surface area contributed by atoms with Crippen molar-refractivity contribution in [3.8, 4) is 0 Å². The minimum Gasteiger partial charge on any atom is -0.333 e. The minimum atomic E-state index is 0.0469. The number of hydrogen-bond donors (Lipinski definition) is 0. The molecule has 1 aliphatic rings. The van der Waals surface area contributed by atoms with Gasteiger partial charge in [0.25, 0.3) is 5.91 Å². The SMILES string of the molecule is Cc1ccn2ncc(C(=O)N3C(C)CCC3C)c2n1. The van der Waals surface area contributed by atoms with E-state index in [0.29, 0.717) is 23.3 Å². The molecule has 2 atom stereocenters. The lowest BCUT2D eigenvalue weighted by molar-refractivity contribution is 0.0694. The van der Waals surface area contributed by atoms with Crippen molar-refractivity contribution < 1.29 is 4.79 Å².